The Hall–Kier alpha value is -8.45. The Morgan fingerprint density at radius 2 is 0.789 bits per heavy atom. The largest absolute Gasteiger partial charge is 0.485 e. The van der Waals surface area contributed by atoms with E-state index in [1.807, 2.05) is 121 Å². The van der Waals surface area contributed by atoms with Gasteiger partial charge < -0.3 is 67.1 Å². The standard InChI is InChI=1S/C59H56O17/c1-65-37-72-53-46(67-32-39-18-8-3-9-19-39)28-44(29-47(53)68-33-40-20-10-4-11-21-40)56(62)71-36-50-51(60)55(52(61)59(74-50)76-57(63)43-26-16-7-17-27-43)75-58(64)45-30-48(69-34-41-22-12-5-13-23-41)54(73-38-66-2)49(31-45)70-35-42-24-14-6-15-25-42/h3-31,50-52,55,59-61H,32-38H2,1-2H3/t50-,51-,52-,55+,59+/m1/s1. The number of methoxy groups -OCH3 is 2. The summed E-state index contributed by atoms with van der Waals surface area (Å²) in [5, 5.41) is 23.7. The van der Waals surface area contributed by atoms with Crippen molar-refractivity contribution in [1.82, 2.24) is 0 Å². The van der Waals surface area contributed by atoms with E-state index in [1.165, 1.54) is 50.6 Å². The van der Waals surface area contributed by atoms with Crippen LogP contribution in [0.15, 0.2) is 176 Å². The molecule has 0 aromatic heterocycles. The summed E-state index contributed by atoms with van der Waals surface area (Å²) in [5.74, 6) is -2.24. The van der Waals surface area contributed by atoms with Crippen molar-refractivity contribution in [2.75, 3.05) is 34.4 Å². The monoisotopic (exact) mass is 1040 g/mol. The number of carbonyl (C=O) groups is 3. The van der Waals surface area contributed by atoms with Gasteiger partial charge in [-0.25, -0.2) is 14.4 Å². The van der Waals surface area contributed by atoms with Crippen LogP contribution in [0.25, 0.3) is 0 Å². The lowest BCUT2D eigenvalue weighted by Crippen LogP contribution is -2.61. The maximum atomic E-state index is 14.4. The summed E-state index contributed by atoms with van der Waals surface area (Å²) in [4.78, 5) is 42.1. The number of aliphatic hydroxyl groups excluding tert-OH is 2. The van der Waals surface area contributed by atoms with Crippen LogP contribution in [-0.2, 0) is 54.8 Å². The van der Waals surface area contributed by atoms with Gasteiger partial charge >= 0.3 is 17.9 Å². The molecule has 1 saturated heterocycles. The molecule has 1 heterocycles. The highest BCUT2D eigenvalue weighted by Gasteiger charge is 2.49. The van der Waals surface area contributed by atoms with Gasteiger partial charge in [0.1, 0.15) is 45.2 Å². The highest BCUT2D eigenvalue weighted by Crippen LogP contribution is 2.42. The molecule has 394 valence electrons. The minimum absolute atomic E-state index is 0.0512. The smallest absolute Gasteiger partial charge is 0.340 e. The number of hydrogen-bond donors (Lipinski definition) is 2. The van der Waals surface area contributed by atoms with Gasteiger partial charge in [0.25, 0.3) is 0 Å². The number of aliphatic hydroxyl groups is 2. The molecule has 0 saturated carbocycles. The van der Waals surface area contributed by atoms with E-state index in [9.17, 15) is 24.6 Å². The Labute approximate surface area is 438 Å². The Bertz CT molecular complexity index is 2810. The number of carbonyl (C=O) groups excluding carboxylic acids is 3. The lowest BCUT2D eigenvalue weighted by molar-refractivity contribution is -0.284. The quantitative estimate of drug-likeness (QED) is 0.0312. The third-order valence-electron chi connectivity index (χ3n) is 11.6. The van der Waals surface area contributed by atoms with Crippen LogP contribution in [0, 0.1) is 0 Å². The summed E-state index contributed by atoms with van der Waals surface area (Å²) in [7, 11) is 2.90. The van der Waals surface area contributed by atoms with Gasteiger partial charge in [-0.1, -0.05) is 140 Å². The van der Waals surface area contributed by atoms with Crippen LogP contribution in [0.3, 0.4) is 0 Å². The van der Waals surface area contributed by atoms with Crippen molar-refractivity contribution < 1.29 is 81.4 Å². The van der Waals surface area contributed by atoms with Gasteiger partial charge in [-0.05, 0) is 58.7 Å². The van der Waals surface area contributed by atoms with Gasteiger partial charge in [-0.3, -0.25) is 0 Å². The molecule has 8 rings (SSSR count). The van der Waals surface area contributed by atoms with E-state index in [2.05, 4.69) is 0 Å². The number of rotatable bonds is 25. The van der Waals surface area contributed by atoms with E-state index in [1.54, 1.807) is 18.2 Å². The van der Waals surface area contributed by atoms with Crippen LogP contribution in [0.4, 0.5) is 0 Å². The third kappa shape index (κ3) is 14.6. The summed E-state index contributed by atoms with van der Waals surface area (Å²) < 4.78 is 70.5. The second kappa shape index (κ2) is 27.2. The molecule has 17 heteroatoms. The molecule has 17 nitrogen and oxygen atoms in total. The van der Waals surface area contributed by atoms with Gasteiger partial charge in [-0.2, -0.15) is 0 Å². The molecule has 2 N–H and O–H groups in total. The molecular weight excluding hydrogens is 981 g/mol. The van der Waals surface area contributed by atoms with Crippen molar-refractivity contribution in [3.05, 3.63) is 215 Å². The Kier molecular flexibility index (Phi) is 19.3. The van der Waals surface area contributed by atoms with E-state index >= 15 is 0 Å². The highest BCUT2D eigenvalue weighted by molar-refractivity contribution is 5.92. The molecule has 0 amide bonds. The number of esters is 3. The van der Waals surface area contributed by atoms with Crippen molar-refractivity contribution >= 4 is 17.9 Å². The summed E-state index contributed by atoms with van der Waals surface area (Å²) in [5.41, 5.74) is 3.17. The second-order valence-corrected chi connectivity index (χ2v) is 17.1. The molecule has 7 aromatic rings. The zero-order valence-electron chi connectivity index (χ0n) is 41.6. The van der Waals surface area contributed by atoms with E-state index in [0.29, 0.717) is 0 Å². The van der Waals surface area contributed by atoms with Crippen LogP contribution >= 0.6 is 0 Å². The Balaban J connectivity index is 1.08. The molecule has 1 aliphatic heterocycles. The van der Waals surface area contributed by atoms with Crippen molar-refractivity contribution in [1.29, 1.82) is 0 Å². The average Bonchev–Trinajstić information content (AvgIpc) is 3.47. The topological polar surface area (TPSA) is 202 Å². The molecule has 0 bridgehead atoms. The SMILES string of the molecule is COCOc1c(OCc2ccccc2)cc(C(=O)OC[C@H]2O[C@@H](OC(=O)c3ccccc3)[C@H](O)[C@@H](OC(=O)c3cc(OCc4ccccc4)c(OCOC)c(OCc4ccccc4)c3)[C@@H]2O)cc1OCc1ccccc1. The van der Waals surface area contributed by atoms with E-state index in [0.717, 1.165) is 22.3 Å². The molecule has 5 atom stereocenters. The fourth-order valence-electron chi connectivity index (χ4n) is 7.74. The van der Waals surface area contributed by atoms with Gasteiger partial charge in [0.05, 0.1) is 16.7 Å². The minimum atomic E-state index is -1.97. The minimum Gasteiger partial charge on any atom is -0.485 e. The zero-order chi connectivity index (χ0) is 53.1. The van der Waals surface area contributed by atoms with Gasteiger partial charge in [0.2, 0.25) is 17.8 Å². The van der Waals surface area contributed by atoms with Crippen LogP contribution in [-0.4, -0.2) is 93.2 Å². The maximum absolute atomic E-state index is 14.4. The molecule has 76 heavy (non-hydrogen) atoms. The Morgan fingerprint density at radius 1 is 0.434 bits per heavy atom. The highest BCUT2D eigenvalue weighted by atomic mass is 16.7. The van der Waals surface area contributed by atoms with E-state index < -0.39 is 55.2 Å². The number of hydrogen-bond acceptors (Lipinski definition) is 17. The molecule has 0 spiro atoms. The van der Waals surface area contributed by atoms with E-state index in [-0.39, 0.29) is 91.2 Å². The van der Waals surface area contributed by atoms with Crippen molar-refractivity contribution in [3.63, 3.8) is 0 Å². The first kappa shape index (κ1) is 53.8. The predicted octanol–water partition coefficient (Wildman–Crippen LogP) is 8.65. The normalized spacial score (nSPS) is 16.9. The Morgan fingerprint density at radius 3 is 1.17 bits per heavy atom. The third-order valence-corrected chi connectivity index (χ3v) is 11.6. The number of ether oxygens (including phenoxy) is 12. The molecule has 0 unspecified atom stereocenters. The lowest BCUT2D eigenvalue weighted by Gasteiger charge is -2.41. The summed E-state index contributed by atoms with van der Waals surface area (Å²) in [6.07, 6.45) is -9.13. The molecule has 7 aromatic carbocycles. The summed E-state index contributed by atoms with van der Waals surface area (Å²) in [6, 6.07) is 50.6. The number of benzene rings is 7. The average molecular weight is 1040 g/mol. The second-order valence-electron chi connectivity index (χ2n) is 17.1. The molecule has 0 aliphatic carbocycles. The van der Waals surface area contributed by atoms with Crippen molar-refractivity contribution in [2.45, 2.75) is 57.1 Å². The van der Waals surface area contributed by atoms with Crippen LogP contribution in [0.1, 0.15) is 53.3 Å². The van der Waals surface area contributed by atoms with Gasteiger partial charge in [-0.15, -0.1) is 0 Å². The molecule has 1 aliphatic rings. The zero-order valence-corrected chi connectivity index (χ0v) is 41.6. The molecule has 0 radical (unpaired) electrons. The first-order valence-electron chi connectivity index (χ1n) is 24.1. The fraction of sp³-hybridized carbons (Fsp3) is 0.237. The lowest BCUT2D eigenvalue weighted by atomic mass is 9.98. The van der Waals surface area contributed by atoms with Crippen LogP contribution in [0.2, 0.25) is 0 Å². The van der Waals surface area contributed by atoms with Gasteiger partial charge in [0.15, 0.2) is 48.8 Å². The van der Waals surface area contributed by atoms with Crippen LogP contribution in [0.5, 0.6) is 34.5 Å². The maximum Gasteiger partial charge on any atom is 0.340 e. The summed E-state index contributed by atoms with van der Waals surface area (Å²) >= 11 is 0. The van der Waals surface area contributed by atoms with E-state index in [4.69, 9.17) is 56.8 Å². The first-order chi connectivity index (χ1) is 37.2. The molecule has 1 fully saturated rings. The summed E-state index contributed by atoms with van der Waals surface area (Å²) in [6.45, 7) is -0.801. The molecular formula is C59H56O17. The predicted molar refractivity (Wildman–Crippen MR) is 273 cm³/mol. The van der Waals surface area contributed by atoms with Gasteiger partial charge in [0, 0.05) is 14.2 Å². The fourth-order valence-corrected chi connectivity index (χ4v) is 7.74. The van der Waals surface area contributed by atoms with Crippen LogP contribution < -0.4 is 28.4 Å². The van der Waals surface area contributed by atoms with Crippen molar-refractivity contribution in [3.8, 4) is 34.5 Å². The van der Waals surface area contributed by atoms with Crippen molar-refractivity contribution in [2.24, 2.45) is 0 Å². The first-order valence-corrected chi connectivity index (χ1v) is 24.1.